The zero-order valence-corrected chi connectivity index (χ0v) is 12.4. The topological polar surface area (TPSA) is 62.3 Å². The Balaban J connectivity index is 2.19. The van der Waals surface area contributed by atoms with Crippen LogP contribution in [0, 0.1) is 5.82 Å². The van der Waals surface area contributed by atoms with Gasteiger partial charge in [0.15, 0.2) is 5.82 Å². The molecule has 0 amide bonds. The number of fused-ring (bicyclic) bond motifs is 1. The number of nitrogens with zero attached hydrogens (tertiary/aromatic N) is 2. The Bertz CT molecular complexity index is 774. The molecule has 112 valence electrons. The second kappa shape index (κ2) is 5.32. The van der Waals surface area contributed by atoms with Crippen LogP contribution in [0.3, 0.4) is 0 Å². The molecule has 1 saturated heterocycles. The Labute approximate surface area is 122 Å². The van der Waals surface area contributed by atoms with Crippen LogP contribution in [-0.4, -0.2) is 43.4 Å². The van der Waals surface area contributed by atoms with E-state index >= 15 is 0 Å². The smallest absolute Gasteiger partial charge is 0.244 e. The van der Waals surface area contributed by atoms with E-state index in [4.69, 9.17) is 0 Å². The number of piperazine rings is 1. The molecular formula is C14H16FN3O2S. The Kier molecular flexibility index (Phi) is 3.64. The number of rotatable bonds is 2. The van der Waals surface area contributed by atoms with Crippen molar-refractivity contribution >= 4 is 20.8 Å². The van der Waals surface area contributed by atoms with Gasteiger partial charge in [-0.3, -0.25) is 4.98 Å². The highest BCUT2D eigenvalue weighted by atomic mass is 32.2. The van der Waals surface area contributed by atoms with Gasteiger partial charge >= 0.3 is 0 Å². The Hall–Kier alpha value is -1.57. The molecule has 1 aliphatic heterocycles. The van der Waals surface area contributed by atoms with E-state index < -0.39 is 15.8 Å². The fourth-order valence-corrected chi connectivity index (χ4v) is 4.54. The van der Waals surface area contributed by atoms with Crippen LogP contribution in [-0.2, 0) is 10.0 Å². The van der Waals surface area contributed by atoms with Crippen LogP contribution in [0.2, 0.25) is 0 Å². The molecule has 0 saturated carbocycles. The molecule has 1 atom stereocenters. The average Bonchev–Trinajstić information content (AvgIpc) is 2.47. The van der Waals surface area contributed by atoms with Gasteiger partial charge in [0.2, 0.25) is 10.0 Å². The average molecular weight is 309 g/mol. The normalized spacial score (nSPS) is 20.8. The van der Waals surface area contributed by atoms with Crippen LogP contribution in [0.1, 0.15) is 6.92 Å². The number of sulfonamides is 1. The third-order valence-electron chi connectivity index (χ3n) is 3.73. The molecule has 0 radical (unpaired) electrons. The third kappa shape index (κ3) is 2.41. The minimum absolute atomic E-state index is 0.00801. The second-order valence-corrected chi connectivity index (χ2v) is 7.00. The van der Waals surface area contributed by atoms with Gasteiger partial charge in [0.1, 0.15) is 0 Å². The van der Waals surface area contributed by atoms with Crippen LogP contribution in [0.4, 0.5) is 4.39 Å². The maximum absolute atomic E-state index is 14.1. The van der Waals surface area contributed by atoms with Crippen molar-refractivity contribution in [3.05, 3.63) is 36.4 Å². The number of hydrogen-bond donors (Lipinski definition) is 1. The molecule has 3 rings (SSSR count). The van der Waals surface area contributed by atoms with Crippen molar-refractivity contribution in [3.63, 3.8) is 0 Å². The Morgan fingerprint density at radius 2 is 2.19 bits per heavy atom. The van der Waals surface area contributed by atoms with E-state index in [-0.39, 0.29) is 16.3 Å². The van der Waals surface area contributed by atoms with E-state index in [1.165, 1.54) is 16.6 Å². The van der Waals surface area contributed by atoms with Crippen LogP contribution >= 0.6 is 0 Å². The van der Waals surface area contributed by atoms with Gasteiger partial charge in [-0.05, 0) is 13.0 Å². The molecule has 2 heterocycles. The summed E-state index contributed by atoms with van der Waals surface area (Å²) in [5.41, 5.74) is 0. The summed E-state index contributed by atoms with van der Waals surface area (Å²) in [6, 6.07) is 4.56. The highest BCUT2D eigenvalue weighted by Crippen LogP contribution is 2.28. The second-order valence-electron chi connectivity index (χ2n) is 5.14. The summed E-state index contributed by atoms with van der Waals surface area (Å²) >= 11 is 0. The van der Waals surface area contributed by atoms with E-state index in [1.807, 2.05) is 6.92 Å². The van der Waals surface area contributed by atoms with Gasteiger partial charge in [-0.1, -0.05) is 12.1 Å². The number of pyridine rings is 1. The molecule has 1 fully saturated rings. The summed E-state index contributed by atoms with van der Waals surface area (Å²) in [4.78, 5) is 3.78. The maximum atomic E-state index is 14.1. The van der Waals surface area contributed by atoms with E-state index in [0.29, 0.717) is 25.0 Å². The minimum Gasteiger partial charge on any atom is -0.314 e. The van der Waals surface area contributed by atoms with Crippen molar-refractivity contribution in [2.24, 2.45) is 0 Å². The predicted molar refractivity (Wildman–Crippen MR) is 77.9 cm³/mol. The molecule has 7 heteroatoms. The first kappa shape index (κ1) is 14.4. The fraction of sp³-hybridized carbons (Fsp3) is 0.357. The first-order valence-corrected chi connectivity index (χ1v) is 8.20. The Morgan fingerprint density at radius 3 is 2.95 bits per heavy atom. The lowest BCUT2D eigenvalue weighted by atomic mass is 10.2. The van der Waals surface area contributed by atoms with Gasteiger partial charge in [-0.25, -0.2) is 12.8 Å². The fourth-order valence-electron chi connectivity index (χ4n) is 2.68. The quantitative estimate of drug-likeness (QED) is 0.910. The largest absolute Gasteiger partial charge is 0.314 e. The van der Waals surface area contributed by atoms with Crippen LogP contribution < -0.4 is 5.32 Å². The Morgan fingerprint density at radius 1 is 1.38 bits per heavy atom. The highest BCUT2D eigenvalue weighted by molar-refractivity contribution is 7.89. The summed E-state index contributed by atoms with van der Waals surface area (Å²) in [7, 11) is -3.73. The third-order valence-corrected chi connectivity index (χ3v) is 5.78. The van der Waals surface area contributed by atoms with Crippen molar-refractivity contribution in [1.82, 2.24) is 14.6 Å². The standard InChI is InChI=1S/C14H16FN3O2S/c1-10-7-16-5-6-18(10)21(19,20)13-4-2-3-11-8-17-9-12(15)14(11)13/h2-4,8-10,16H,5-7H2,1H3/t10-/m0/s1. The zero-order valence-electron chi connectivity index (χ0n) is 11.6. The molecule has 0 unspecified atom stereocenters. The summed E-state index contributed by atoms with van der Waals surface area (Å²) in [5.74, 6) is -0.616. The highest BCUT2D eigenvalue weighted by Gasteiger charge is 2.32. The number of nitrogens with one attached hydrogen (secondary N) is 1. The van der Waals surface area contributed by atoms with Gasteiger partial charge in [-0.2, -0.15) is 4.31 Å². The monoisotopic (exact) mass is 309 g/mol. The summed E-state index contributed by atoms with van der Waals surface area (Å²) < 4.78 is 41.3. The van der Waals surface area contributed by atoms with Gasteiger partial charge < -0.3 is 5.32 Å². The van der Waals surface area contributed by atoms with Crippen molar-refractivity contribution in [1.29, 1.82) is 0 Å². The van der Waals surface area contributed by atoms with Crippen LogP contribution in [0.5, 0.6) is 0 Å². The van der Waals surface area contributed by atoms with Crippen molar-refractivity contribution < 1.29 is 12.8 Å². The number of halogens is 1. The number of hydrogen-bond acceptors (Lipinski definition) is 4. The molecule has 2 aromatic rings. The van der Waals surface area contributed by atoms with Crippen molar-refractivity contribution in [3.8, 4) is 0 Å². The predicted octanol–water partition coefficient (Wildman–Crippen LogP) is 1.36. The van der Waals surface area contributed by atoms with Gasteiger partial charge in [0, 0.05) is 42.6 Å². The number of aromatic nitrogens is 1. The molecule has 1 aromatic carbocycles. The molecule has 21 heavy (non-hydrogen) atoms. The van der Waals surface area contributed by atoms with Crippen molar-refractivity contribution in [2.45, 2.75) is 17.9 Å². The SMILES string of the molecule is C[C@H]1CNCCN1S(=O)(=O)c1cccc2cncc(F)c12. The first-order valence-electron chi connectivity index (χ1n) is 6.76. The number of benzene rings is 1. The molecule has 0 spiro atoms. The van der Waals surface area contributed by atoms with Gasteiger partial charge in [0.05, 0.1) is 11.1 Å². The van der Waals surface area contributed by atoms with Crippen LogP contribution in [0.25, 0.3) is 10.8 Å². The lowest BCUT2D eigenvalue weighted by Crippen LogP contribution is -2.52. The lowest BCUT2D eigenvalue weighted by molar-refractivity contribution is 0.284. The molecule has 1 N–H and O–H groups in total. The zero-order chi connectivity index (χ0) is 15.0. The summed E-state index contributed by atoms with van der Waals surface area (Å²) in [5, 5.41) is 3.74. The van der Waals surface area contributed by atoms with E-state index in [0.717, 1.165) is 6.20 Å². The molecule has 1 aromatic heterocycles. The molecule has 0 aliphatic carbocycles. The van der Waals surface area contributed by atoms with Gasteiger partial charge in [0.25, 0.3) is 0 Å². The molecular weight excluding hydrogens is 293 g/mol. The van der Waals surface area contributed by atoms with E-state index in [1.54, 1.807) is 12.1 Å². The summed E-state index contributed by atoms with van der Waals surface area (Å²) in [6.07, 6.45) is 2.52. The molecule has 0 bridgehead atoms. The molecule has 5 nitrogen and oxygen atoms in total. The lowest BCUT2D eigenvalue weighted by Gasteiger charge is -2.33. The molecule has 1 aliphatic rings. The minimum atomic E-state index is -3.73. The summed E-state index contributed by atoms with van der Waals surface area (Å²) in [6.45, 7) is 3.41. The maximum Gasteiger partial charge on any atom is 0.244 e. The van der Waals surface area contributed by atoms with Crippen LogP contribution in [0.15, 0.2) is 35.5 Å². The first-order chi connectivity index (χ1) is 10.0. The van der Waals surface area contributed by atoms with Crippen molar-refractivity contribution in [2.75, 3.05) is 19.6 Å². The van der Waals surface area contributed by atoms with E-state index in [9.17, 15) is 12.8 Å². The van der Waals surface area contributed by atoms with E-state index in [2.05, 4.69) is 10.3 Å². The van der Waals surface area contributed by atoms with Gasteiger partial charge in [-0.15, -0.1) is 0 Å².